The van der Waals surface area contributed by atoms with E-state index in [1.54, 1.807) is 12.2 Å². The van der Waals surface area contributed by atoms with Crippen molar-refractivity contribution >= 4 is 6.29 Å². The van der Waals surface area contributed by atoms with Crippen LogP contribution in [0.2, 0.25) is 0 Å². The Balaban J connectivity index is 3.94. The van der Waals surface area contributed by atoms with Gasteiger partial charge in [0, 0.05) is 11.3 Å². The maximum Gasteiger partial charge on any atom is 0.249 e. The van der Waals surface area contributed by atoms with Gasteiger partial charge in [-0.25, -0.2) is 0 Å². The first-order chi connectivity index (χ1) is 12.7. The second-order valence-electron chi connectivity index (χ2n) is 6.29. The average Bonchev–Trinajstić information content (AvgIpc) is 2.63. The molecule has 0 rings (SSSR count). The summed E-state index contributed by atoms with van der Waals surface area (Å²) >= 11 is 0. The van der Waals surface area contributed by atoms with Crippen molar-refractivity contribution in [1.82, 2.24) is 0 Å². The summed E-state index contributed by atoms with van der Waals surface area (Å²) < 4.78 is 0. The number of rotatable bonds is 17. The number of nitrogens with zero attached hydrogens (tertiary/aromatic N) is 1. The van der Waals surface area contributed by atoms with E-state index in [2.05, 4.69) is 25.2 Å². The quantitative estimate of drug-likeness (QED) is 0.133. The predicted octanol–water partition coefficient (Wildman–Crippen LogP) is 6.28. The van der Waals surface area contributed by atoms with Crippen LogP contribution in [0.4, 0.5) is 0 Å². The van der Waals surface area contributed by atoms with Crippen LogP contribution in [0.25, 0.3) is 0 Å². The van der Waals surface area contributed by atoms with E-state index in [1.165, 1.54) is 19.3 Å². The van der Waals surface area contributed by atoms with Crippen LogP contribution in [-0.2, 0) is 4.79 Å². The van der Waals surface area contributed by atoms with Crippen LogP contribution in [-0.4, -0.2) is 17.3 Å². The van der Waals surface area contributed by atoms with E-state index in [4.69, 9.17) is 0 Å². The highest BCUT2D eigenvalue weighted by molar-refractivity contribution is 5.50. The zero-order chi connectivity index (χ0) is 19.3. The van der Waals surface area contributed by atoms with Crippen LogP contribution < -0.4 is 0 Å². The van der Waals surface area contributed by atoms with Gasteiger partial charge in [0.25, 0.3) is 0 Å². The van der Waals surface area contributed by atoms with E-state index in [9.17, 15) is 14.9 Å². The maximum atomic E-state index is 11.1. The average molecular weight is 361 g/mol. The predicted molar refractivity (Wildman–Crippen MR) is 109 cm³/mol. The van der Waals surface area contributed by atoms with E-state index in [-0.39, 0.29) is 4.92 Å². The van der Waals surface area contributed by atoms with Crippen molar-refractivity contribution in [1.29, 1.82) is 0 Å². The van der Waals surface area contributed by atoms with Crippen molar-refractivity contribution in [3.63, 3.8) is 0 Å². The van der Waals surface area contributed by atoms with Crippen LogP contribution in [0.15, 0.2) is 48.6 Å². The molecule has 0 aromatic heterocycles. The van der Waals surface area contributed by atoms with Gasteiger partial charge in [0.1, 0.15) is 0 Å². The molecule has 4 nitrogen and oxygen atoms in total. The Hall–Kier alpha value is -1.97. The van der Waals surface area contributed by atoms with Crippen molar-refractivity contribution in [2.45, 2.75) is 83.6 Å². The molecule has 4 heteroatoms. The molecule has 145 valence electrons. The topological polar surface area (TPSA) is 60.2 Å². The number of carbonyl (C=O) groups excluding carboxylic acids is 1. The number of hydrogen-bond acceptors (Lipinski definition) is 3. The zero-order valence-corrected chi connectivity index (χ0v) is 16.1. The summed E-state index contributed by atoms with van der Waals surface area (Å²) in [5, 5.41) is 11.1. The molecule has 0 saturated carbocycles. The minimum absolute atomic E-state index is 0.281. The van der Waals surface area contributed by atoms with Gasteiger partial charge in [-0.1, -0.05) is 62.6 Å². The first kappa shape index (κ1) is 24.0. The molecule has 0 heterocycles. The highest BCUT2D eigenvalue weighted by Crippen LogP contribution is 2.05. The van der Waals surface area contributed by atoms with E-state index in [0.717, 1.165) is 38.5 Å². The second-order valence-corrected chi connectivity index (χ2v) is 6.29. The lowest BCUT2D eigenvalue weighted by atomic mass is 10.1. The van der Waals surface area contributed by atoms with Gasteiger partial charge >= 0.3 is 0 Å². The lowest BCUT2D eigenvalue weighted by molar-refractivity contribution is -0.496. The van der Waals surface area contributed by atoms with E-state index >= 15 is 0 Å². The van der Waals surface area contributed by atoms with Gasteiger partial charge in [-0.05, 0) is 57.1 Å². The SMILES string of the molecule is CCCCC/C=C\C/C=C\C/C=C/C(/C=C\CCCCC[C]=O)[N+](=O)[O-]. The number of hydrogen-bond donors (Lipinski definition) is 0. The second kappa shape index (κ2) is 19.4. The summed E-state index contributed by atoms with van der Waals surface area (Å²) in [6.07, 6.45) is 28.0. The molecule has 26 heavy (non-hydrogen) atoms. The highest BCUT2D eigenvalue weighted by atomic mass is 16.6. The first-order valence-electron chi connectivity index (χ1n) is 9.84. The van der Waals surface area contributed by atoms with E-state index in [1.807, 2.05) is 24.5 Å². The Morgan fingerprint density at radius 1 is 0.846 bits per heavy atom. The number of nitro groups is 1. The van der Waals surface area contributed by atoms with Gasteiger partial charge in [-0.2, -0.15) is 0 Å². The normalized spacial score (nSPS) is 13.4. The van der Waals surface area contributed by atoms with E-state index < -0.39 is 6.04 Å². The van der Waals surface area contributed by atoms with Gasteiger partial charge in [-0.15, -0.1) is 0 Å². The lowest BCUT2D eigenvalue weighted by Crippen LogP contribution is -2.13. The smallest absolute Gasteiger partial charge is 0.249 e. The Kier molecular flexibility index (Phi) is 17.9. The third-order valence-electron chi connectivity index (χ3n) is 3.91. The standard InChI is InChI=1S/C22H34NO3/c1-2-3-4-5-6-7-8-9-10-13-16-19-22(23(25)26)20-17-14-11-12-15-18-21-24/h6-7,9-10,16-17,19-20,22H,2-5,8,11-15,18H2,1H3/b7-6-,10-9-,19-16+,20-17-. The molecule has 0 aliphatic rings. The Morgan fingerprint density at radius 3 is 2.15 bits per heavy atom. The summed E-state index contributed by atoms with van der Waals surface area (Å²) in [7, 11) is 0. The maximum absolute atomic E-state index is 11.1. The summed E-state index contributed by atoms with van der Waals surface area (Å²) in [5.74, 6) is 0. The summed E-state index contributed by atoms with van der Waals surface area (Å²) in [5.41, 5.74) is 0. The van der Waals surface area contributed by atoms with Crippen LogP contribution in [0.3, 0.4) is 0 Å². The Bertz CT molecular complexity index is 464. The molecule has 1 atom stereocenters. The van der Waals surface area contributed by atoms with Gasteiger partial charge in [0.05, 0.1) is 0 Å². The molecule has 0 N–H and O–H groups in total. The molecule has 0 amide bonds. The molecule has 0 fully saturated rings. The lowest BCUT2D eigenvalue weighted by Gasteiger charge is -1.98. The van der Waals surface area contributed by atoms with Gasteiger partial charge < -0.3 is 0 Å². The molecule has 0 spiro atoms. The zero-order valence-electron chi connectivity index (χ0n) is 16.1. The van der Waals surface area contributed by atoms with Crippen molar-refractivity contribution in [2.75, 3.05) is 0 Å². The van der Waals surface area contributed by atoms with Crippen molar-refractivity contribution in [3.05, 3.63) is 58.7 Å². The fourth-order valence-corrected chi connectivity index (χ4v) is 2.37. The third-order valence-corrected chi connectivity index (χ3v) is 3.91. The molecule has 0 aromatic rings. The fourth-order valence-electron chi connectivity index (χ4n) is 2.37. The van der Waals surface area contributed by atoms with Crippen LogP contribution in [0.5, 0.6) is 0 Å². The molecule has 1 radical (unpaired) electrons. The summed E-state index contributed by atoms with van der Waals surface area (Å²) in [4.78, 5) is 20.8. The molecule has 0 saturated heterocycles. The minimum atomic E-state index is -0.759. The van der Waals surface area contributed by atoms with Crippen molar-refractivity contribution in [3.8, 4) is 0 Å². The Labute approximate surface area is 158 Å². The largest absolute Gasteiger partial charge is 0.291 e. The van der Waals surface area contributed by atoms with Crippen molar-refractivity contribution in [2.24, 2.45) is 0 Å². The number of allylic oxidation sites excluding steroid dienone is 6. The van der Waals surface area contributed by atoms with Gasteiger partial charge in [0.2, 0.25) is 6.04 Å². The highest BCUT2D eigenvalue weighted by Gasteiger charge is 2.09. The molecular formula is C22H34NO3. The van der Waals surface area contributed by atoms with Crippen molar-refractivity contribution < 1.29 is 9.72 Å². The van der Waals surface area contributed by atoms with Crippen LogP contribution >= 0.6 is 0 Å². The number of unbranched alkanes of at least 4 members (excludes halogenated alkanes) is 7. The molecule has 0 aromatic carbocycles. The van der Waals surface area contributed by atoms with E-state index in [0.29, 0.717) is 12.8 Å². The third kappa shape index (κ3) is 16.9. The van der Waals surface area contributed by atoms with Gasteiger partial charge in [0.15, 0.2) is 6.29 Å². The molecule has 0 bridgehead atoms. The fraction of sp³-hybridized carbons (Fsp3) is 0.591. The first-order valence-corrected chi connectivity index (χ1v) is 9.84. The Morgan fingerprint density at radius 2 is 1.46 bits per heavy atom. The monoisotopic (exact) mass is 360 g/mol. The van der Waals surface area contributed by atoms with Crippen LogP contribution in [0.1, 0.15) is 77.6 Å². The molecule has 0 aliphatic heterocycles. The molecule has 0 aliphatic carbocycles. The summed E-state index contributed by atoms with van der Waals surface area (Å²) in [6, 6.07) is -0.759. The van der Waals surface area contributed by atoms with Gasteiger partial charge in [-0.3, -0.25) is 14.9 Å². The summed E-state index contributed by atoms with van der Waals surface area (Å²) in [6.45, 7) is 2.20. The molecule has 1 unspecified atom stereocenters. The molecular weight excluding hydrogens is 326 g/mol. The van der Waals surface area contributed by atoms with Crippen LogP contribution in [0, 0.1) is 10.1 Å². The minimum Gasteiger partial charge on any atom is -0.291 e.